The van der Waals surface area contributed by atoms with E-state index in [4.69, 9.17) is 0 Å². The van der Waals surface area contributed by atoms with Gasteiger partial charge in [0.25, 0.3) is 0 Å². The maximum Gasteiger partial charge on any atom is 0.0322 e. The topological polar surface area (TPSA) is 12.0 Å². The maximum absolute atomic E-state index is 3.74. The number of benzene rings is 1. The highest BCUT2D eigenvalue weighted by Crippen LogP contribution is 2.19. The van der Waals surface area contributed by atoms with Gasteiger partial charge in [0.2, 0.25) is 0 Å². The summed E-state index contributed by atoms with van der Waals surface area (Å²) < 4.78 is 0. The average Bonchev–Trinajstić information content (AvgIpc) is 2.38. The number of allylic oxidation sites excluding steroid dienone is 1. The van der Waals surface area contributed by atoms with Crippen LogP contribution in [-0.4, -0.2) is 6.04 Å². The molecule has 1 heteroatoms. The van der Waals surface area contributed by atoms with E-state index in [0.717, 1.165) is 6.42 Å². The molecule has 1 aliphatic rings. The first-order valence-corrected chi connectivity index (χ1v) is 6.38. The van der Waals surface area contributed by atoms with Gasteiger partial charge < -0.3 is 5.32 Å². The van der Waals surface area contributed by atoms with Crippen LogP contribution in [0.4, 0.5) is 0 Å². The van der Waals surface area contributed by atoms with E-state index in [1.807, 2.05) is 0 Å². The first-order valence-electron chi connectivity index (χ1n) is 6.38. The van der Waals surface area contributed by atoms with Crippen LogP contribution in [-0.2, 0) is 0 Å². The summed E-state index contributed by atoms with van der Waals surface area (Å²) in [5.74, 6) is 0. The Morgan fingerprint density at radius 2 is 2.12 bits per heavy atom. The lowest BCUT2D eigenvalue weighted by Gasteiger charge is -2.25. The Labute approximate surface area is 98.6 Å². The molecular weight excluding hydrogens is 194 g/mol. The normalized spacial score (nSPS) is 21.9. The van der Waals surface area contributed by atoms with E-state index in [9.17, 15) is 0 Å². The van der Waals surface area contributed by atoms with Crippen molar-refractivity contribution >= 4 is 0 Å². The minimum atomic E-state index is 0.494. The van der Waals surface area contributed by atoms with Crippen LogP contribution in [0.25, 0.3) is 0 Å². The van der Waals surface area contributed by atoms with Gasteiger partial charge in [-0.25, -0.2) is 0 Å². The monoisotopic (exact) mass is 215 g/mol. The summed E-state index contributed by atoms with van der Waals surface area (Å²) in [4.78, 5) is 0. The average molecular weight is 215 g/mol. The third-order valence-electron chi connectivity index (χ3n) is 3.28. The molecule has 0 bridgehead atoms. The van der Waals surface area contributed by atoms with Gasteiger partial charge in [-0.15, -0.1) is 0 Å². The smallest absolute Gasteiger partial charge is 0.0322 e. The minimum absolute atomic E-state index is 0.494. The zero-order valence-corrected chi connectivity index (χ0v) is 10.0. The Morgan fingerprint density at radius 1 is 1.31 bits per heavy atom. The van der Waals surface area contributed by atoms with Crippen molar-refractivity contribution in [2.45, 2.75) is 44.7 Å². The second-order valence-corrected chi connectivity index (χ2v) is 4.50. The summed E-state index contributed by atoms with van der Waals surface area (Å²) in [6.45, 7) is 2.25. The van der Waals surface area contributed by atoms with Crippen LogP contribution in [0.5, 0.6) is 0 Å². The fraction of sp³-hybridized carbons (Fsp3) is 0.467. The first-order chi connectivity index (χ1) is 7.90. The van der Waals surface area contributed by atoms with E-state index in [1.165, 1.54) is 24.8 Å². The molecule has 0 fully saturated rings. The fourth-order valence-corrected chi connectivity index (χ4v) is 2.34. The molecule has 1 nitrogen and oxygen atoms in total. The molecular formula is C15H21N. The van der Waals surface area contributed by atoms with Gasteiger partial charge in [-0.3, -0.25) is 0 Å². The molecule has 2 rings (SSSR count). The Hall–Kier alpha value is -1.08. The van der Waals surface area contributed by atoms with Gasteiger partial charge in [-0.05, 0) is 31.2 Å². The molecule has 0 saturated carbocycles. The molecule has 0 radical (unpaired) electrons. The maximum atomic E-state index is 3.74. The Balaban J connectivity index is 2.00. The SMILES string of the molecule is CCC(NC1C=CCCC1)c1ccccc1. The van der Waals surface area contributed by atoms with E-state index in [2.05, 4.69) is 54.7 Å². The molecule has 1 N–H and O–H groups in total. The van der Waals surface area contributed by atoms with Gasteiger partial charge in [-0.1, -0.05) is 49.4 Å². The van der Waals surface area contributed by atoms with Crippen molar-refractivity contribution in [3.63, 3.8) is 0 Å². The lowest BCUT2D eigenvalue weighted by atomic mass is 9.99. The van der Waals surface area contributed by atoms with Crippen molar-refractivity contribution in [1.82, 2.24) is 5.32 Å². The van der Waals surface area contributed by atoms with Gasteiger partial charge in [-0.2, -0.15) is 0 Å². The Bertz CT molecular complexity index is 329. The van der Waals surface area contributed by atoms with E-state index in [0.29, 0.717) is 12.1 Å². The molecule has 86 valence electrons. The summed E-state index contributed by atoms with van der Waals surface area (Å²) in [5.41, 5.74) is 1.41. The van der Waals surface area contributed by atoms with E-state index >= 15 is 0 Å². The Morgan fingerprint density at radius 3 is 2.75 bits per heavy atom. The fourth-order valence-electron chi connectivity index (χ4n) is 2.34. The van der Waals surface area contributed by atoms with Crippen molar-refractivity contribution < 1.29 is 0 Å². The highest BCUT2D eigenvalue weighted by molar-refractivity contribution is 5.19. The van der Waals surface area contributed by atoms with Crippen molar-refractivity contribution in [3.05, 3.63) is 48.0 Å². The second kappa shape index (κ2) is 5.86. The zero-order chi connectivity index (χ0) is 11.2. The summed E-state index contributed by atoms with van der Waals surface area (Å²) in [6, 6.07) is 11.8. The third kappa shape index (κ3) is 2.96. The zero-order valence-electron chi connectivity index (χ0n) is 10.0. The summed E-state index contributed by atoms with van der Waals surface area (Å²) in [5, 5.41) is 3.74. The minimum Gasteiger partial charge on any atom is -0.304 e. The predicted molar refractivity (Wildman–Crippen MR) is 69.4 cm³/mol. The number of nitrogens with one attached hydrogen (secondary N) is 1. The number of rotatable bonds is 4. The van der Waals surface area contributed by atoms with Crippen LogP contribution in [0.15, 0.2) is 42.5 Å². The lowest BCUT2D eigenvalue weighted by Crippen LogP contribution is -2.32. The molecule has 16 heavy (non-hydrogen) atoms. The molecule has 1 aromatic carbocycles. The van der Waals surface area contributed by atoms with Crippen LogP contribution < -0.4 is 5.32 Å². The standard InChI is InChI=1S/C15H21N/c1-2-15(13-9-5-3-6-10-13)16-14-11-7-4-8-12-14/h3,5-7,9-11,14-16H,2,4,8,12H2,1H3. The molecule has 2 atom stereocenters. The van der Waals surface area contributed by atoms with Crippen LogP contribution >= 0.6 is 0 Å². The molecule has 1 aliphatic carbocycles. The molecule has 0 amide bonds. The first kappa shape index (κ1) is 11.4. The second-order valence-electron chi connectivity index (χ2n) is 4.50. The Kier molecular flexibility index (Phi) is 4.17. The van der Waals surface area contributed by atoms with Crippen LogP contribution in [0, 0.1) is 0 Å². The van der Waals surface area contributed by atoms with Crippen LogP contribution in [0.1, 0.15) is 44.2 Å². The highest BCUT2D eigenvalue weighted by Gasteiger charge is 2.14. The van der Waals surface area contributed by atoms with Crippen molar-refractivity contribution in [1.29, 1.82) is 0 Å². The molecule has 0 aromatic heterocycles. The lowest BCUT2D eigenvalue weighted by molar-refractivity contribution is 0.438. The van der Waals surface area contributed by atoms with Crippen LogP contribution in [0.2, 0.25) is 0 Å². The molecule has 0 spiro atoms. The predicted octanol–water partition coefficient (Wildman–Crippen LogP) is 3.84. The quantitative estimate of drug-likeness (QED) is 0.753. The van der Waals surface area contributed by atoms with E-state index in [1.54, 1.807) is 0 Å². The highest BCUT2D eigenvalue weighted by atomic mass is 14.9. The summed E-state index contributed by atoms with van der Waals surface area (Å²) in [7, 11) is 0. The van der Waals surface area contributed by atoms with Gasteiger partial charge in [0.1, 0.15) is 0 Å². The number of hydrogen-bond donors (Lipinski definition) is 1. The van der Waals surface area contributed by atoms with Crippen LogP contribution in [0.3, 0.4) is 0 Å². The van der Waals surface area contributed by atoms with E-state index in [-0.39, 0.29) is 0 Å². The molecule has 0 aliphatic heterocycles. The van der Waals surface area contributed by atoms with Gasteiger partial charge in [0, 0.05) is 12.1 Å². The molecule has 2 unspecified atom stereocenters. The largest absolute Gasteiger partial charge is 0.304 e. The summed E-state index contributed by atoms with van der Waals surface area (Å²) in [6.07, 6.45) is 9.63. The van der Waals surface area contributed by atoms with Gasteiger partial charge >= 0.3 is 0 Å². The molecule has 0 heterocycles. The van der Waals surface area contributed by atoms with Gasteiger partial charge in [0.05, 0.1) is 0 Å². The molecule has 0 saturated heterocycles. The van der Waals surface area contributed by atoms with Crippen molar-refractivity contribution in [2.24, 2.45) is 0 Å². The number of hydrogen-bond acceptors (Lipinski definition) is 1. The molecule has 1 aromatic rings. The van der Waals surface area contributed by atoms with Crippen molar-refractivity contribution in [2.75, 3.05) is 0 Å². The third-order valence-corrected chi connectivity index (χ3v) is 3.28. The van der Waals surface area contributed by atoms with E-state index < -0.39 is 0 Å². The van der Waals surface area contributed by atoms with Gasteiger partial charge in [0.15, 0.2) is 0 Å². The van der Waals surface area contributed by atoms with Crippen molar-refractivity contribution in [3.8, 4) is 0 Å². The summed E-state index contributed by atoms with van der Waals surface area (Å²) >= 11 is 0.